The molecule has 0 aliphatic carbocycles. The second-order valence-electron chi connectivity index (χ2n) is 5.31. The topological polar surface area (TPSA) is 12.5 Å². The number of para-hydroxylation sites is 2. The van der Waals surface area contributed by atoms with Crippen LogP contribution in [0.1, 0.15) is 23.7 Å². The van der Waals surface area contributed by atoms with E-state index >= 15 is 0 Å². The van der Waals surface area contributed by atoms with Gasteiger partial charge in [-0.2, -0.15) is 0 Å². The number of halogens is 1. The summed E-state index contributed by atoms with van der Waals surface area (Å²) in [5, 5.41) is 0. The van der Waals surface area contributed by atoms with Crippen LogP contribution in [0.4, 0.5) is 11.4 Å². The van der Waals surface area contributed by atoms with Crippen molar-refractivity contribution in [3.63, 3.8) is 0 Å². The van der Waals surface area contributed by atoms with E-state index in [4.69, 9.17) is 16.3 Å². The van der Waals surface area contributed by atoms with Crippen molar-refractivity contribution in [3.8, 4) is 0 Å². The average Bonchev–Trinajstić information content (AvgIpc) is 2.67. The Kier molecular flexibility index (Phi) is 4.47. The minimum atomic E-state index is 0.100. The molecule has 1 unspecified atom stereocenters. The molecule has 1 heterocycles. The summed E-state index contributed by atoms with van der Waals surface area (Å²) >= 11 is 5.92. The molecule has 110 valence electrons. The number of hydrogen-bond donors (Lipinski definition) is 0. The van der Waals surface area contributed by atoms with E-state index in [0.29, 0.717) is 5.88 Å². The van der Waals surface area contributed by atoms with Crippen molar-refractivity contribution in [3.05, 3.63) is 59.7 Å². The first-order chi connectivity index (χ1) is 10.3. The van der Waals surface area contributed by atoms with Crippen molar-refractivity contribution in [2.24, 2.45) is 0 Å². The fourth-order valence-electron chi connectivity index (χ4n) is 3.06. The molecule has 0 saturated heterocycles. The standard InChI is InChI=1S/C18H20ClNO/c1-21-18-13-14-7-2-4-9-16(14)20(12-6-11-19)17-10-5-3-8-15(17)18/h2-5,7-10,18H,6,11-13H2,1H3. The number of methoxy groups -OCH3 is 1. The van der Waals surface area contributed by atoms with Crippen molar-refractivity contribution in [1.82, 2.24) is 0 Å². The van der Waals surface area contributed by atoms with Gasteiger partial charge in [-0.05, 0) is 24.1 Å². The number of rotatable bonds is 4. The lowest BCUT2D eigenvalue weighted by atomic mass is 10.0. The van der Waals surface area contributed by atoms with Crippen LogP contribution in [-0.4, -0.2) is 19.5 Å². The van der Waals surface area contributed by atoms with Gasteiger partial charge in [0.1, 0.15) is 0 Å². The van der Waals surface area contributed by atoms with E-state index in [2.05, 4.69) is 53.4 Å². The molecule has 0 N–H and O–H groups in total. The Morgan fingerprint density at radius 1 is 1.10 bits per heavy atom. The molecular weight excluding hydrogens is 282 g/mol. The Labute approximate surface area is 131 Å². The molecule has 2 nitrogen and oxygen atoms in total. The number of fused-ring (bicyclic) bond motifs is 2. The van der Waals surface area contributed by atoms with Crippen LogP contribution in [0.3, 0.4) is 0 Å². The van der Waals surface area contributed by atoms with E-state index in [1.54, 1.807) is 7.11 Å². The van der Waals surface area contributed by atoms with Crippen LogP contribution in [0.5, 0.6) is 0 Å². The zero-order valence-electron chi connectivity index (χ0n) is 12.3. The molecule has 0 bridgehead atoms. The van der Waals surface area contributed by atoms with Crippen molar-refractivity contribution in [2.45, 2.75) is 18.9 Å². The summed E-state index contributed by atoms with van der Waals surface area (Å²) in [7, 11) is 1.79. The molecular formula is C18H20ClNO. The molecule has 0 amide bonds. The van der Waals surface area contributed by atoms with Crippen molar-refractivity contribution >= 4 is 23.0 Å². The Hall–Kier alpha value is -1.51. The number of benzene rings is 2. The van der Waals surface area contributed by atoms with Crippen LogP contribution < -0.4 is 4.90 Å². The molecule has 0 aromatic heterocycles. The third-order valence-electron chi connectivity index (χ3n) is 4.06. The summed E-state index contributed by atoms with van der Waals surface area (Å²) in [5.74, 6) is 0.675. The largest absolute Gasteiger partial charge is 0.376 e. The van der Waals surface area contributed by atoms with E-state index in [9.17, 15) is 0 Å². The molecule has 1 atom stereocenters. The van der Waals surface area contributed by atoms with Gasteiger partial charge in [-0.25, -0.2) is 0 Å². The van der Waals surface area contributed by atoms with Crippen molar-refractivity contribution in [2.75, 3.05) is 24.4 Å². The van der Waals surface area contributed by atoms with Gasteiger partial charge in [0.05, 0.1) is 6.10 Å². The fraction of sp³-hybridized carbons (Fsp3) is 0.333. The normalized spacial score (nSPS) is 17.0. The number of alkyl halides is 1. The number of hydrogen-bond acceptors (Lipinski definition) is 2. The van der Waals surface area contributed by atoms with Gasteiger partial charge in [0.2, 0.25) is 0 Å². The predicted octanol–water partition coefficient (Wildman–Crippen LogP) is 4.70. The molecule has 21 heavy (non-hydrogen) atoms. The van der Waals surface area contributed by atoms with E-state index in [1.807, 2.05) is 0 Å². The fourth-order valence-corrected chi connectivity index (χ4v) is 3.18. The molecule has 1 aliphatic rings. The highest BCUT2D eigenvalue weighted by Crippen LogP contribution is 2.41. The number of ether oxygens (including phenoxy) is 1. The van der Waals surface area contributed by atoms with E-state index in [1.165, 1.54) is 22.5 Å². The smallest absolute Gasteiger partial charge is 0.0882 e. The number of nitrogens with zero attached hydrogens (tertiary/aromatic N) is 1. The highest BCUT2D eigenvalue weighted by atomic mass is 35.5. The lowest BCUT2D eigenvalue weighted by Crippen LogP contribution is -2.20. The molecule has 2 aromatic carbocycles. The van der Waals surface area contributed by atoms with Crippen molar-refractivity contribution < 1.29 is 4.74 Å². The summed E-state index contributed by atoms with van der Waals surface area (Å²) in [4.78, 5) is 2.38. The molecule has 0 fully saturated rings. The quantitative estimate of drug-likeness (QED) is 0.759. The highest BCUT2D eigenvalue weighted by Gasteiger charge is 2.25. The molecule has 3 rings (SSSR count). The van der Waals surface area contributed by atoms with E-state index < -0.39 is 0 Å². The third-order valence-corrected chi connectivity index (χ3v) is 4.33. The zero-order valence-corrected chi connectivity index (χ0v) is 13.0. The van der Waals surface area contributed by atoms with Crippen LogP contribution in [0, 0.1) is 0 Å². The third kappa shape index (κ3) is 2.78. The van der Waals surface area contributed by atoms with Gasteiger partial charge in [-0.3, -0.25) is 0 Å². The Morgan fingerprint density at radius 3 is 2.57 bits per heavy atom. The average molecular weight is 302 g/mol. The Balaban J connectivity index is 2.13. The van der Waals surface area contributed by atoms with Gasteiger partial charge >= 0.3 is 0 Å². The lowest BCUT2D eigenvalue weighted by molar-refractivity contribution is 0.105. The van der Waals surface area contributed by atoms with Crippen LogP contribution in [0.15, 0.2) is 48.5 Å². The summed E-state index contributed by atoms with van der Waals surface area (Å²) in [5.41, 5.74) is 5.09. The van der Waals surface area contributed by atoms with E-state index in [-0.39, 0.29) is 6.10 Å². The lowest BCUT2D eigenvalue weighted by Gasteiger charge is -2.27. The first-order valence-electron chi connectivity index (χ1n) is 7.38. The second-order valence-corrected chi connectivity index (χ2v) is 5.69. The zero-order chi connectivity index (χ0) is 14.7. The summed E-state index contributed by atoms with van der Waals surface area (Å²) < 4.78 is 5.75. The van der Waals surface area contributed by atoms with Gasteiger partial charge in [0, 0.05) is 42.9 Å². The minimum absolute atomic E-state index is 0.100. The molecule has 0 saturated carbocycles. The summed E-state index contributed by atoms with van der Waals surface area (Å²) in [6.45, 7) is 0.925. The number of anilines is 2. The first-order valence-corrected chi connectivity index (χ1v) is 7.91. The molecule has 2 aromatic rings. The maximum Gasteiger partial charge on any atom is 0.0882 e. The Morgan fingerprint density at radius 2 is 1.81 bits per heavy atom. The maximum atomic E-state index is 5.92. The molecule has 1 aliphatic heterocycles. The van der Waals surface area contributed by atoms with Gasteiger partial charge in [0.15, 0.2) is 0 Å². The molecule has 0 spiro atoms. The van der Waals surface area contributed by atoms with Crippen LogP contribution in [-0.2, 0) is 11.2 Å². The predicted molar refractivity (Wildman–Crippen MR) is 88.7 cm³/mol. The SMILES string of the molecule is COC1Cc2ccccc2N(CCCCl)c2ccccc21. The van der Waals surface area contributed by atoms with Gasteiger partial charge in [-0.15, -0.1) is 11.6 Å². The van der Waals surface area contributed by atoms with Crippen molar-refractivity contribution in [1.29, 1.82) is 0 Å². The molecule has 3 heteroatoms. The Bertz CT molecular complexity index is 614. The van der Waals surface area contributed by atoms with Crippen LogP contribution >= 0.6 is 11.6 Å². The van der Waals surface area contributed by atoms with E-state index in [0.717, 1.165) is 19.4 Å². The maximum absolute atomic E-state index is 5.92. The summed E-state index contributed by atoms with van der Waals surface area (Å²) in [6.07, 6.45) is 1.96. The highest BCUT2D eigenvalue weighted by molar-refractivity contribution is 6.17. The van der Waals surface area contributed by atoms with Gasteiger partial charge in [0.25, 0.3) is 0 Å². The summed E-state index contributed by atoms with van der Waals surface area (Å²) in [6, 6.07) is 17.1. The molecule has 0 radical (unpaired) electrons. The van der Waals surface area contributed by atoms with Gasteiger partial charge < -0.3 is 9.64 Å². The van der Waals surface area contributed by atoms with Gasteiger partial charge in [-0.1, -0.05) is 36.4 Å². The minimum Gasteiger partial charge on any atom is -0.376 e. The monoisotopic (exact) mass is 301 g/mol. The second kappa shape index (κ2) is 6.50. The van der Waals surface area contributed by atoms with Crippen LogP contribution in [0.25, 0.3) is 0 Å². The van der Waals surface area contributed by atoms with Crippen LogP contribution in [0.2, 0.25) is 0 Å². The first kappa shape index (κ1) is 14.4.